The molecule has 1 N–H and O–H groups in total. The number of aryl methyl sites for hydroxylation is 1. The third-order valence-corrected chi connectivity index (χ3v) is 4.75. The lowest BCUT2D eigenvalue weighted by atomic mass is 10.4. The van der Waals surface area contributed by atoms with Gasteiger partial charge in [-0.2, -0.15) is 0 Å². The number of nitrogens with one attached hydrogen (secondary N) is 1. The molecule has 19 heavy (non-hydrogen) atoms. The van der Waals surface area contributed by atoms with Crippen LogP contribution in [0.2, 0.25) is 5.15 Å². The quantitative estimate of drug-likeness (QED) is 0.874. The molecule has 5 nitrogen and oxygen atoms in total. The highest BCUT2D eigenvalue weighted by Crippen LogP contribution is 2.30. The van der Waals surface area contributed by atoms with Crippen molar-refractivity contribution < 1.29 is 9.53 Å². The molecule has 2 aromatic rings. The zero-order valence-electron chi connectivity index (χ0n) is 10.6. The lowest BCUT2D eigenvalue weighted by Gasteiger charge is -2.08. The van der Waals surface area contributed by atoms with E-state index in [-0.39, 0.29) is 11.2 Å². The summed E-state index contributed by atoms with van der Waals surface area (Å²) in [4.78, 5) is 21.3. The van der Waals surface area contributed by atoms with E-state index in [1.165, 1.54) is 18.4 Å². The van der Waals surface area contributed by atoms with Gasteiger partial charge in [0.25, 0.3) is 0 Å². The molecule has 0 amide bonds. The number of anilines is 1. The van der Waals surface area contributed by atoms with Crippen molar-refractivity contribution in [2.45, 2.75) is 19.9 Å². The molecule has 2 heterocycles. The molecule has 0 saturated heterocycles. The lowest BCUT2D eigenvalue weighted by molar-refractivity contribution is 0.0606. The number of ether oxygens (including phenoxy) is 1. The van der Waals surface area contributed by atoms with Gasteiger partial charge in [-0.3, -0.25) is 0 Å². The monoisotopic (exact) mass is 317 g/mol. The molecule has 1 atom stereocenters. The van der Waals surface area contributed by atoms with Crippen LogP contribution in [0.4, 0.5) is 5.13 Å². The molecule has 2 aromatic heterocycles. The Morgan fingerprint density at radius 3 is 2.84 bits per heavy atom. The van der Waals surface area contributed by atoms with Gasteiger partial charge in [-0.25, -0.2) is 14.8 Å². The fourth-order valence-electron chi connectivity index (χ4n) is 1.40. The first-order chi connectivity index (χ1) is 9.01. The van der Waals surface area contributed by atoms with Crippen LogP contribution in [0.15, 0.2) is 6.20 Å². The van der Waals surface area contributed by atoms with Gasteiger partial charge < -0.3 is 10.1 Å². The van der Waals surface area contributed by atoms with Crippen LogP contribution in [-0.2, 0) is 4.74 Å². The van der Waals surface area contributed by atoms with Crippen LogP contribution >= 0.6 is 34.3 Å². The minimum atomic E-state index is -0.478. The number of esters is 1. The van der Waals surface area contributed by atoms with E-state index in [4.69, 9.17) is 11.6 Å². The van der Waals surface area contributed by atoms with Crippen molar-refractivity contribution in [2.75, 3.05) is 12.4 Å². The molecule has 0 spiro atoms. The molecule has 0 aliphatic carbocycles. The van der Waals surface area contributed by atoms with Gasteiger partial charge in [-0.1, -0.05) is 22.9 Å². The highest BCUT2D eigenvalue weighted by atomic mass is 35.5. The number of hydrogen-bond acceptors (Lipinski definition) is 7. The Labute approximate surface area is 123 Å². The van der Waals surface area contributed by atoms with Crippen LogP contribution < -0.4 is 5.32 Å². The van der Waals surface area contributed by atoms with Crippen molar-refractivity contribution in [3.8, 4) is 0 Å². The van der Waals surface area contributed by atoms with Crippen LogP contribution in [-0.4, -0.2) is 23.0 Å². The summed E-state index contributed by atoms with van der Waals surface area (Å²) in [5.41, 5.74) is 0. The summed E-state index contributed by atoms with van der Waals surface area (Å²) in [5, 5.41) is 4.87. The van der Waals surface area contributed by atoms with E-state index in [0.29, 0.717) is 10.0 Å². The highest BCUT2D eigenvalue weighted by Gasteiger charge is 2.19. The SMILES string of the molecule is COC(=O)c1sc(NC(C)c2ncc(C)s2)nc1Cl. The Kier molecular flexibility index (Phi) is 4.38. The van der Waals surface area contributed by atoms with Gasteiger partial charge in [0.2, 0.25) is 0 Å². The summed E-state index contributed by atoms with van der Waals surface area (Å²) in [6.45, 7) is 3.98. The minimum absolute atomic E-state index is 0.00594. The number of halogens is 1. The van der Waals surface area contributed by atoms with E-state index in [9.17, 15) is 4.79 Å². The number of carbonyl (C=O) groups excluding carboxylic acids is 1. The Bertz CT molecular complexity index is 597. The van der Waals surface area contributed by atoms with Crippen molar-refractivity contribution in [2.24, 2.45) is 0 Å². The first kappa shape index (κ1) is 14.2. The van der Waals surface area contributed by atoms with Crippen molar-refractivity contribution in [1.29, 1.82) is 0 Å². The maximum atomic E-state index is 11.4. The second kappa shape index (κ2) is 5.85. The van der Waals surface area contributed by atoms with Crippen LogP contribution in [0.3, 0.4) is 0 Å². The first-order valence-electron chi connectivity index (χ1n) is 5.44. The number of rotatable bonds is 4. The summed E-state index contributed by atoms with van der Waals surface area (Å²) in [7, 11) is 1.31. The predicted molar refractivity (Wildman–Crippen MR) is 77.4 cm³/mol. The second-order valence-electron chi connectivity index (χ2n) is 3.81. The van der Waals surface area contributed by atoms with Gasteiger partial charge in [-0.05, 0) is 13.8 Å². The van der Waals surface area contributed by atoms with E-state index >= 15 is 0 Å². The van der Waals surface area contributed by atoms with E-state index in [1.807, 2.05) is 20.0 Å². The van der Waals surface area contributed by atoms with Crippen molar-refractivity contribution in [3.05, 3.63) is 26.1 Å². The van der Waals surface area contributed by atoms with Crippen molar-refractivity contribution >= 4 is 45.4 Å². The maximum Gasteiger partial charge on any atom is 0.351 e. The largest absolute Gasteiger partial charge is 0.465 e. The molecule has 0 fully saturated rings. The number of hydrogen-bond donors (Lipinski definition) is 1. The zero-order valence-corrected chi connectivity index (χ0v) is 12.9. The minimum Gasteiger partial charge on any atom is -0.465 e. The summed E-state index contributed by atoms with van der Waals surface area (Å²) in [5.74, 6) is -0.478. The summed E-state index contributed by atoms with van der Waals surface area (Å²) in [6.07, 6.45) is 1.83. The average molecular weight is 318 g/mol. The third-order valence-electron chi connectivity index (χ3n) is 2.31. The Morgan fingerprint density at radius 2 is 2.26 bits per heavy atom. The fraction of sp³-hybridized carbons (Fsp3) is 0.364. The molecule has 0 radical (unpaired) electrons. The Balaban J connectivity index is 2.13. The van der Waals surface area contributed by atoms with Crippen LogP contribution in [0.25, 0.3) is 0 Å². The fourth-order valence-corrected chi connectivity index (χ4v) is 3.37. The summed E-state index contributed by atoms with van der Waals surface area (Å²) < 4.78 is 4.63. The van der Waals surface area contributed by atoms with E-state index in [2.05, 4.69) is 20.0 Å². The van der Waals surface area contributed by atoms with Gasteiger partial charge in [0.15, 0.2) is 15.2 Å². The number of thiazole rings is 2. The first-order valence-corrected chi connectivity index (χ1v) is 7.46. The van der Waals surface area contributed by atoms with Crippen molar-refractivity contribution in [1.82, 2.24) is 9.97 Å². The van der Waals surface area contributed by atoms with Gasteiger partial charge in [0, 0.05) is 11.1 Å². The molecule has 0 aliphatic heterocycles. The van der Waals surface area contributed by atoms with E-state index < -0.39 is 5.97 Å². The Hall–Kier alpha value is -1.18. The third kappa shape index (κ3) is 3.23. The van der Waals surface area contributed by atoms with Gasteiger partial charge in [-0.15, -0.1) is 11.3 Å². The highest BCUT2D eigenvalue weighted by molar-refractivity contribution is 7.18. The topological polar surface area (TPSA) is 64.1 Å². The number of methoxy groups -OCH3 is 1. The zero-order chi connectivity index (χ0) is 14.0. The standard InChI is InChI=1S/C11H12ClN3O2S2/c1-5-4-13-9(18-5)6(2)14-11-15-8(12)7(19-11)10(16)17-3/h4,6H,1-3H3,(H,14,15). The number of aromatic nitrogens is 2. The number of nitrogens with zero attached hydrogens (tertiary/aromatic N) is 2. The number of carbonyl (C=O) groups is 1. The average Bonchev–Trinajstić information content (AvgIpc) is 2.95. The second-order valence-corrected chi connectivity index (χ2v) is 6.43. The normalized spacial score (nSPS) is 12.2. The van der Waals surface area contributed by atoms with Gasteiger partial charge >= 0.3 is 5.97 Å². The molecular weight excluding hydrogens is 306 g/mol. The van der Waals surface area contributed by atoms with Crippen molar-refractivity contribution in [3.63, 3.8) is 0 Å². The van der Waals surface area contributed by atoms with Gasteiger partial charge in [0.05, 0.1) is 13.2 Å². The van der Waals surface area contributed by atoms with E-state index in [1.54, 1.807) is 11.3 Å². The molecule has 0 aromatic carbocycles. The molecule has 1 unspecified atom stereocenters. The molecule has 8 heteroatoms. The Morgan fingerprint density at radius 1 is 1.53 bits per heavy atom. The maximum absolute atomic E-state index is 11.4. The van der Waals surface area contributed by atoms with Gasteiger partial charge in [0.1, 0.15) is 5.01 Å². The lowest BCUT2D eigenvalue weighted by Crippen LogP contribution is -2.05. The predicted octanol–water partition coefficient (Wildman–Crippen LogP) is 3.52. The smallest absolute Gasteiger partial charge is 0.351 e. The molecule has 0 bridgehead atoms. The molecule has 2 rings (SSSR count). The molecule has 0 aliphatic rings. The van der Waals surface area contributed by atoms with Crippen LogP contribution in [0.1, 0.15) is 32.5 Å². The summed E-state index contributed by atoms with van der Waals surface area (Å²) in [6, 6.07) is 0.00594. The molecule has 0 saturated carbocycles. The molecule has 102 valence electrons. The van der Waals surface area contributed by atoms with Crippen LogP contribution in [0, 0.1) is 6.92 Å². The van der Waals surface area contributed by atoms with Crippen LogP contribution in [0.5, 0.6) is 0 Å². The summed E-state index contributed by atoms with van der Waals surface area (Å²) >= 11 is 8.68. The van der Waals surface area contributed by atoms with E-state index in [0.717, 1.165) is 9.88 Å². The molecular formula is C11H12ClN3O2S2.